The van der Waals surface area contributed by atoms with Gasteiger partial charge in [0.15, 0.2) is 0 Å². The number of amides is 2. The standard InChI is InChI=1S/C30H36BN3O7/c1-8-18-14-30(18,27(36)39-7)33-26(35)24-12-20(16-34(24)28(37)41-29(3,4)5)40-25-13-22(17(2)15-31)32-23-11-19(38-6)9-10-21(23)25/h8-11,13,18,20,24H,1-2,12,14-16H2,3-7H3,(H,33,35)/t18?,20-,24+,30-/m1/s1. The monoisotopic (exact) mass is 561 g/mol. The Morgan fingerprint density at radius 2 is 1.98 bits per heavy atom. The van der Waals surface area contributed by atoms with Gasteiger partial charge in [-0.25, -0.2) is 14.6 Å². The van der Waals surface area contributed by atoms with Crippen molar-refractivity contribution in [2.24, 2.45) is 5.92 Å². The van der Waals surface area contributed by atoms with Crippen LogP contribution in [0.15, 0.2) is 43.5 Å². The molecule has 2 heterocycles. The second-order valence-corrected chi connectivity index (χ2v) is 11.3. The van der Waals surface area contributed by atoms with Gasteiger partial charge in [0.25, 0.3) is 0 Å². The van der Waals surface area contributed by atoms with Gasteiger partial charge in [-0.1, -0.05) is 19.0 Å². The number of ether oxygens (including phenoxy) is 4. The average molecular weight is 561 g/mol. The summed E-state index contributed by atoms with van der Waals surface area (Å²) < 4.78 is 22.4. The topological polar surface area (TPSA) is 116 Å². The summed E-state index contributed by atoms with van der Waals surface area (Å²) in [6, 6.07) is 6.21. The molecule has 41 heavy (non-hydrogen) atoms. The van der Waals surface area contributed by atoms with Crippen LogP contribution in [0, 0.1) is 5.92 Å². The van der Waals surface area contributed by atoms with Crippen LogP contribution < -0.4 is 14.8 Å². The minimum atomic E-state index is -1.20. The second-order valence-electron chi connectivity index (χ2n) is 11.3. The summed E-state index contributed by atoms with van der Waals surface area (Å²) in [5, 5.41) is 3.54. The third kappa shape index (κ3) is 6.18. The molecule has 2 aromatic rings. The fourth-order valence-electron chi connectivity index (χ4n) is 5.01. The number of carbonyl (C=O) groups is 3. The van der Waals surface area contributed by atoms with E-state index in [-0.39, 0.29) is 25.2 Å². The SMILES string of the molecule is [B]CC(=C)c1cc(O[C@@H]2C[C@@H](C(=O)N[C@]3(C(=O)OC)CC3C=C)N(C(=O)OC(C)(C)C)C2)c2ccc(OC)cc2n1. The lowest BCUT2D eigenvalue weighted by Gasteiger charge is -2.28. The number of allylic oxidation sites excluding steroid dienone is 1. The number of pyridine rings is 1. The molecule has 2 fully saturated rings. The Morgan fingerprint density at radius 3 is 2.56 bits per heavy atom. The lowest BCUT2D eigenvalue weighted by Crippen LogP contribution is -2.53. The van der Waals surface area contributed by atoms with Gasteiger partial charge in [-0.05, 0) is 44.9 Å². The number of carbonyl (C=O) groups excluding carboxylic acids is 3. The van der Waals surface area contributed by atoms with Gasteiger partial charge in [-0.3, -0.25) is 9.69 Å². The first-order chi connectivity index (χ1) is 19.3. The van der Waals surface area contributed by atoms with Crippen LogP contribution in [0.3, 0.4) is 0 Å². The third-order valence-corrected chi connectivity index (χ3v) is 7.27. The number of fused-ring (bicyclic) bond motifs is 1. The van der Waals surface area contributed by atoms with Gasteiger partial charge in [0.2, 0.25) is 5.91 Å². The molecule has 10 nitrogen and oxygen atoms in total. The van der Waals surface area contributed by atoms with E-state index in [2.05, 4.69) is 23.5 Å². The van der Waals surface area contributed by atoms with Gasteiger partial charge in [-0.2, -0.15) is 0 Å². The Morgan fingerprint density at radius 1 is 1.24 bits per heavy atom. The predicted molar refractivity (Wildman–Crippen MR) is 155 cm³/mol. The van der Waals surface area contributed by atoms with Crippen molar-refractivity contribution in [3.8, 4) is 11.5 Å². The zero-order chi connectivity index (χ0) is 30.1. The number of benzene rings is 1. The molecular formula is C30H36BN3O7. The quantitative estimate of drug-likeness (QED) is 0.279. The van der Waals surface area contributed by atoms with E-state index in [0.717, 1.165) is 0 Å². The molecule has 2 radical (unpaired) electrons. The van der Waals surface area contributed by atoms with Crippen LogP contribution >= 0.6 is 0 Å². The molecule has 1 aromatic carbocycles. The minimum Gasteiger partial charge on any atom is -0.497 e. The molecule has 1 saturated heterocycles. The summed E-state index contributed by atoms with van der Waals surface area (Å²) in [6.45, 7) is 13.1. The molecule has 4 atom stereocenters. The normalized spacial score (nSPS) is 23.4. The number of methoxy groups -OCH3 is 2. The van der Waals surface area contributed by atoms with Gasteiger partial charge in [-0.15, -0.1) is 6.58 Å². The van der Waals surface area contributed by atoms with Crippen LogP contribution in [0.1, 0.15) is 39.3 Å². The number of likely N-dealkylation sites (tertiary alicyclic amines) is 1. The molecule has 1 saturated carbocycles. The Hall–Kier alpha value is -4.02. The van der Waals surface area contributed by atoms with E-state index in [1.165, 1.54) is 12.0 Å². The lowest BCUT2D eigenvalue weighted by atomic mass is 9.95. The van der Waals surface area contributed by atoms with E-state index in [9.17, 15) is 14.4 Å². The molecule has 0 bridgehead atoms. The van der Waals surface area contributed by atoms with Crippen LogP contribution in [-0.2, 0) is 19.1 Å². The number of hydrogen-bond donors (Lipinski definition) is 1. The van der Waals surface area contributed by atoms with Crippen molar-refractivity contribution >= 4 is 42.3 Å². The Balaban J connectivity index is 1.65. The second kappa shape index (κ2) is 11.5. The number of aromatic nitrogens is 1. The Kier molecular flexibility index (Phi) is 8.38. The molecule has 1 N–H and O–H groups in total. The van der Waals surface area contributed by atoms with Crippen molar-refractivity contribution in [2.45, 2.75) is 63.2 Å². The molecule has 216 valence electrons. The summed E-state index contributed by atoms with van der Waals surface area (Å²) in [6.07, 6.45) is 1.11. The van der Waals surface area contributed by atoms with Gasteiger partial charge in [0.05, 0.1) is 39.8 Å². The van der Waals surface area contributed by atoms with Gasteiger partial charge >= 0.3 is 12.1 Å². The van der Waals surface area contributed by atoms with E-state index in [4.69, 9.17) is 26.8 Å². The first-order valence-corrected chi connectivity index (χ1v) is 13.4. The van der Waals surface area contributed by atoms with Crippen molar-refractivity contribution in [1.29, 1.82) is 0 Å². The molecule has 2 amide bonds. The van der Waals surface area contributed by atoms with Crippen molar-refractivity contribution in [2.75, 3.05) is 20.8 Å². The molecule has 11 heteroatoms. The maximum Gasteiger partial charge on any atom is 0.411 e. The summed E-state index contributed by atoms with van der Waals surface area (Å²) >= 11 is 0. The predicted octanol–water partition coefficient (Wildman–Crippen LogP) is 3.83. The number of nitrogens with zero attached hydrogens (tertiary/aromatic N) is 2. The molecule has 2 aliphatic rings. The zero-order valence-electron chi connectivity index (χ0n) is 24.2. The molecule has 1 aliphatic heterocycles. The van der Waals surface area contributed by atoms with Crippen LogP contribution in [-0.4, -0.2) is 79.8 Å². The molecule has 1 aliphatic carbocycles. The maximum absolute atomic E-state index is 13.6. The Labute approximate surface area is 241 Å². The highest BCUT2D eigenvalue weighted by Gasteiger charge is 2.62. The molecular weight excluding hydrogens is 525 g/mol. The summed E-state index contributed by atoms with van der Waals surface area (Å²) in [5.41, 5.74) is -0.194. The average Bonchev–Trinajstić information content (AvgIpc) is 3.48. The zero-order valence-corrected chi connectivity index (χ0v) is 24.2. The highest BCUT2D eigenvalue weighted by molar-refractivity contribution is 6.14. The molecule has 4 rings (SSSR count). The molecule has 1 unspecified atom stereocenters. The highest BCUT2D eigenvalue weighted by Crippen LogP contribution is 2.45. The van der Waals surface area contributed by atoms with Crippen molar-refractivity contribution in [1.82, 2.24) is 15.2 Å². The summed E-state index contributed by atoms with van der Waals surface area (Å²) in [7, 11) is 8.67. The van der Waals surface area contributed by atoms with Crippen LogP contribution in [0.2, 0.25) is 6.32 Å². The first-order valence-electron chi connectivity index (χ1n) is 13.4. The minimum absolute atomic E-state index is 0.0796. The van der Waals surface area contributed by atoms with E-state index in [0.29, 0.717) is 40.1 Å². The van der Waals surface area contributed by atoms with E-state index in [1.807, 2.05) is 6.07 Å². The number of nitrogens with one attached hydrogen (secondary N) is 1. The van der Waals surface area contributed by atoms with Crippen molar-refractivity contribution in [3.05, 3.63) is 49.2 Å². The number of rotatable bonds is 9. The van der Waals surface area contributed by atoms with E-state index in [1.54, 1.807) is 52.2 Å². The molecule has 1 aromatic heterocycles. The van der Waals surface area contributed by atoms with Crippen molar-refractivity contribution in [3.63, 3.8) is 0 Å². The molecule has 0 spiro atoms. The Bertz CT molecular complexity index is 1390. The number of esters is 1. The third-order valence-electron chi connectivity index (χ3n) is 7.27. The van der Waals surface area contributed by atoms with Crippen LogP contribution in [0.25, 0.3) is 16.5 Å². The smallest absolute Gasteiger partial charge is 0.411 e. The van der Waals surface area contributed by atoms with E-state index >= 15 is 0 Å². The van der Waals surface area contributed by atoms with Gasteiger partial charge < -0.3 is 24.3 Å². The lowest BCUT2D eigenvalue weighted by molar-refractivity contribution is -0.147. The van der Waals surface area contributed by atoms with Crippen LogP contribution in [0.5, 0.6) is 11.5 Å². The van der Waals surface area contributed by atoms with E-state index < -0.39 is 41.3 Å². The maximum atomic E-state index is 13.6. The number of hydrogen-bond acceptors (Lipinski definition) is 8. The summed E-state index contributed by atoms with van der Waals surface area (Å²) in [4.78, 5) is 45.4. The fraction of sp³-hybridized carbons (Fsp3) is 0.467. The first kappa shape index (κ1) is 30.0. The van der Waals surface area contributed by atoms with Crippen LogP contribution in [0.4, 0.5) is 4.79 Å². The highest BCUT2D eigenvalue weighted by atomic mass is 16.6. The van der Waals surface area contributed by atoms with Gasteiger partial charge in [0.1, 0.15) is 34.8 Å². The fourth-order valence-corrected chi connectivity index (χ4v) is 5.01. The van der Waals surface area contributed by atoms with Gasteiger partial charge in [0, 0.05) is 29.9 Å². The van der Waals surface area contributed by atoms with Crippen molar-refractivity contribution < 1.29 is 33.3 Å². The summed E-state index contributed by atoms with van der Waals surface area (Å²) in [5.74, 6) is -0.207. The largest absolute Gasteiger partial charge is 0.497 e.